The maximum atomic E-state index is 12.0. The van der Waals surface area contributed by atoms with Gasteiger partial charge >= 0.3 is 6.03 Å². The molecule has 2 amide bonds. The minimum Gasteiger partial charge on any atom is -0.333 e. The number of carbonyl (C=O) groups is 1. The van der Waals surface area contributed by atoms with E-state index in [0.717, 1.165) is 32.0 Å². The zero-order valence-electron chi connectivity index (χ0n) is 10.5. The first-order valence-electron chi connectivity index (χ1n) is 7.12. The second kappa shape index (κ2) is 4.84. The fourth-order valence-corrected chi connectivity index (χ4v) is 3.62. The Morgan fingerprint density at radius 2 is 1.94 bits per heavy atom. The monoisotopic (exact) mass is 237 g/mol. The van der Waals surface area contributed by atoms with Crippen molar-refractivity contribution in [2.75, 3.05) is 19.6 Å². The van der Waals surface area contributed by atoms with E-state index in [1.54, 1.807) is 0 Å². The number of nitrogens with one attached hydrogen (secondary N) is 2. The molecule has 1 aliphatic carbocycles. The van der Waals surface area contributed by atoms with Crippen LogP contribution < -0.4 is 10.6 Å². The summed E-state index contributed by atoms with van der Waals surface area (Å²) in [6.45, 7) is 3.03. The van der Waals surface area contributed by atoms with Crippen LogP contribution in [0.15, 0.2) is 0 Å². The third kappa shape index (κ3) is 2.28. The van der Waals surface area contributed by atoms with Crippen molar-refractivity contribution in [2.24, 2.45) is 5.92 Å². The Labute approximate surface area is 103 Å². The van der Waals surface area contributed by atoms with Crippen molar-refractivity contribution in [3.8, 4) is 0 Å². The van der Waals surface area contributed by atoms with Crippen LogP contribution in [0.5, 0.6) is 0 Å². The standard InChI is InChI=1S/C13H23N3O/c17-13-15-12(10-4-1-2-5-10)9-16(13)11-6-3-7-14-8-11/h10-12,14H,1-9H2,(H,15,17). The van der Waals surface area contributed by atoms with E-state index in [-0.39, 0.29) is 6.03 Å². The van der Waals surface area contributed by atoms with Crippen LogP contribution in [0.3, 0.4) is 0 Å². The first-order chi connectivity index (χ1) is 8.34. The minimum atomic E-state index is 0.176. The second-order valence-electron chi connectivity index (χ2n) is 5.75. The van der Waals surface area contributed by atoms with Gasteiger partial charge < -0.3 is 15.5 Å². The first kappa shape index (κ1) is 11.3. The van der Waals surface area contributed by atoms with Crippen LogP contribution in [-0.2, 0) is 0 Å². The number of carbonyl (C=O) groups excluding carboxylic acids is 1. The van der Waals surface area contributed by atoms with Crippen LogP contribution in [-0.4, -0.2) is 42.6 Å². The highest BCUT2D eigenvalue weighted by Crippen LogP contribution is 2.30. The van der Waals surface area contributed by atoms with Gasteiger partial charge in [-0.1, -0.05) is 12.8 Å². The van der Waals surface area contributed by atoms with Crippen LogP contribution in [0.1, 0.15) is 38.5 Å². The molecule has 2 saturated heterocycles. The van der Waals surface area contributed by atoms with Gasteiger partial charge in [0.1, 0.15) is 0 Å². The van der Waals surface area contributed by atoms with Crippen molar-refractivity contribution in [1.29, 1.82) is 0 Å². The van der Waals surface area contributed by atoms with Crippen molar-refractivity contribution < 1.29 is 4.79 Å². The SMILES string of the molecule is O=C1NC(C2CCCC2)CN1C1CCCNC1. The van der Waals surface area contributed by atoms with Crippen LogP contribution in [0.4, 0.5) is 4.79 Å². The number of amides is 2. The average Bonchev–Trinajstić information content (AvgIpc) is 2.99. The smallest absolute Gasteiger partial charge is 0.318 e. The van der Waals surface area contributed by atoms with Crippen LogP contribution in [0.2, 0.25) is 0 Å². The fraction of sp³-hybridized carbons (Fsp3) is 0.923. The molecule has 0 aromatic rings. The highest BCUT2D eigenvalue weighted by atomic mass is 16.2. The zero-order chi connectivity index (χ0) is 11.7. The molecule has 17 heavy (non-hydrogen) atoms. The van der Waals surface area contributed by atoms with Gasteiger partial charge in [0.25, 0.3) is 0 Å². The van der Waals surface area contributed by atoms with Gasteiger partial charge in [0, 0.05) is 19.1 Å². The predicted octanol–water partition coefficient (Wildman–Crippen LogP) is 1.32. The lowest BCUT2D eigenvalue weighted by Gasteiger charge is -2.31. The third-order valence-corrected chi connectivity index (χ3v) is 4.64. The Bertz CT molecular complexity index is 282. The molecule has 2 N–H and O–H groups in total. The molecule has 3 fully saturated rings. The van der Waals surface area contributed by atoms with Gasteiger partial charge in [-0.15, -0.1) is 0 Å². The number of rotatable bonds is 2. The summed E-state index contributed by atoms with van der Waals surface area (Å²) < 4.78 is 0. The summed E-state index contributed by atoms with van der Waals surface area (Å²) in [6, 6.07) is 1.03. The van der Waals surface area contributed by atoms with E-state index in [9.17, 15) is 4.79 Å². The summed E-state index contributed by atoms with van der Waals surface area (Å²) in [5.74, 6) is 0.737. The molecule has 2 atom stereocenters. The molecule has 2 heterocycles. The Morgan fingerprint density at radius 3 is 2.65 bits per heavy atom. The molecule has 4 heteroatoms. The summed E-state index contributed by atoms with van der Waals surface area (Å²) in [7, 11) is 0. The van der Waals surface area contributed by atoms with Crippen LogP contribution in [0, 0.1) is 5.92 Å². The topological polar surface area (TPSA) is 44.4 Å². The number of piperidine rings is 1. The molecule has 3 aliphatic rings. The van der Waals surface area contributed by atoms with Crippen LogP contribution >= 0.6 is 0 Å². The lowest BCUT2D eigenvalue weighted by molar-refractivity contribution is 0.182. The predicted molar refractivity (Wildman–Crippen MR) is 66.9 cm³/mol. The molecule has 0 spiro atoms. The number of urea groups is 1. The third-order valence-electron chi connectivity index (χ3n) is 4.64. The van der Waals surface area contributed by atoms with E-state index in [0.29, 0.717) is 12.1 Å². The fourth-order valence-electron chi connectivity index (χ4n) is 3.62. The summed E-state index contributed by atoms with van der Waals surface area (Å²) in [4.78, 5) is 14.1. The summed E-state index contributed by atoms with van der Waals surface area (Å²) in [5.41, 5.74) is 0. The van der Waals surface area contributed by atoms with E-state index < -0.39 is 0 Å². The molecule has 0 aromatic heterocycles. The molecule has 3 rings (SSSR count). The zero-order valence-corrected chi connectivity index (χ0v) is 10.5. The quantitative estimate of drug-likeness (QED) is 0.761. The molecular weight excluding hydrogens is 214 g/mol. The maximum Gasteiger partial charge on any atom is 0.318 e. The van der Waals surface area contributed by atoms with Gasteiger partial charge in [0.2, 0.25) is 0 Å². The molecule has 0 aromatic carbocycles. The average molecular weight is 237 g/mol. The molecule has 0 radical (unpaired) electrons. The molecule has 4 nitrogen and oxygen atoms in total. The lowest BCUT2D eigenvalue weighted by atomic mass is 9.98. The van der Waals surface area contributed by atoms with E-state index in [1.807, 2.05) is 0 Å². The summed E-state index contributed by atoms with van der Waals surface area (Å²) >= 11 is 0. The van der Waals surface area contributed by atoms with E-state index in [4.69, 9.17) is 0 Å². The largest absolute Gasteiger partial charge is 0.333 e. The maximum absolute atomic E-state index is 12.0. The van der Waals surface area contributed by atoms with Gasteiger partial charge in [-0.2, -0.15) is 0 Å². The summed E-state index contributed by atoms with van der Waals surface area (Å²) in [6.07, 6.45) is 7.67. The molecule has 2 aliphatic heterocycles. The van der Waals surface area contributed by atoms with E-state index >= 15 is 0 Å². The van der Waals surface area contributed by atoms with Gasteiger partial charge in [0.15, 0.2) is 0 Å². The molecular formula is C13H23N3O. The van der Waals surface area contributed by atoms with Crippen molar-refractivity contribution in [1.82, 2.24) is 15.5 Å². The molecule has 2 unspecified atom stereocenters. The molecule has 0 bridgehead atoms. The Kier molecular flexibility index (Phi) is 3.23. The number of hydrogen-bond acceptors (Lipinski definition) is 2. The van der Waals surface area contributed by atoms with Crippen LogP contribution in [0.25, 0.3) is 0 Å². The molecule has 1 saturated carbocycles. The first-order valence-corrected chi connectivity index (χ1v) is 7.12. The van der Waals surface area contributed by atoms with Gasteiger partial charge in [-0.25, -0.2) is 4.79 Å². The minimum absolute atomic E-state index is 0.176. The highest BCUT2D eigenvalue weighted by Gasteiger charge is 2.38. The molecule has 96 valence electrons. The van der Waals surface area contributed by atoms with Crippen molar-refractivity contribution in [2.45, 2.75) is 50.6 Å². The van der Waals surface area contributed by atoms with Gasteiger partial charge in [-0.3, -0.25) is 0 Å². The Hall–Kier alpha value is -0.770. The lowest BCUT2D eigenvalue weighted by Crippen LogP contribution is -2.47. The number of hydrogen-bond donors (Lipinski definition) is 2. The second-order valence-corrected chi connectivity index (χ2v) is 5.75. The van der Waals surface area contributed by atoms with E-state index in [2.05, 4.69) is 15.5 Å². The highest BCUT2D eigenvalue weighted by molar-refractivity contribution is 5.77. The summed E-state index contributed by atoms with van der Waals surface area (Å²) in [5, 5.41) is 6.60. The Morgan fingerprint density at radius 1 is 1.12 bits per heavy atom. The van der Waals surface area contributed by atoms with Crippen molar-refractivity contribution in [3.05, 3.63) is 0 Å². The normalized spacial score (nSPS) is 35.3. The Balaban J connectivity index is 1.60. The number of nitrogens with zero attached hydrogens (tertiary/aromatic N) is 1. The van der Waals surface area contributed by atoms with Gasteiger partial charge in [-0.05, 0) is 38.1 Å². The van der Waals surface area contributed by atoms with Crippen molar-refractivity contribution in [3.63, 3.8) is 0 Å². The van der Waals surface area contributed by atoms with Gasteiger partial charge in [0.05, 0.1) is 6.04 Å². The van der Waals surface area contributed by atoms with Crippen molar-refractivity contribution >= 4 is 6.03 Å². The van der Waals surface area contributed by atoms with E-state index in [1.165, 1.54) is 32.1 Å².